The summed E-state index contributed by atoms with van der Waals surface area (Å²) in [5.41, 5.74) is 2.94. The van der Waals surface area contributed by atoms with E-state index in [2.05, 4.69) is 0 Å². The molecular weight excluding hydrogens is 432 g/mol. The van der Waals surface area contributed by atoms with Crippen LogP contribution < -0.4 is 9.47 Å². The SMILES string of the molecule is O=C([C@H](CO)c1ccccc1)N1CC(=C2CN(S(=O)(=O)c3ccc4c(c3)OCCO4)C2)C1. The minimum absolute atomic E-state index is 0.108. The molecule has 8 nitrogen and oxygen atoms in total. The first-order chi connectivity index (χ1) is 15.5. The summed E-state index contributed by atoms with van der Waals surface area (Å²) in [7, 11) is -3.62. The fourth-order valence-corrected chi connectivity index (χ4v) is 5.58. The third-order valence-corrected chi connectivity index (χ3v) is 7.93. The van der Waals surface area contributed by atoms with Crippen molar-refractivity contribution < 1.29 is 27.8 Å². The number of ether oxygens (including phenoxy) is 2. The Morgan fingerprint density at radius 2 is 1.59 bits per heavy atom. The van der Waals surface area contributed by atoms with Gasteiger partial charge in [0.15, 0.2) is 11.5 Å². The lowest BCUT2D eigenvalue weighted by molar-refractivity contribution is -0.135. The van der Waals surface area contributed by atoms with Gasteiger partial charge in [0, 0.05) is 32.2 Å². The molecule has 168 valence electrons. The van der Waals surface area contributed by atoms with E-state index in [4.69, 9.17) is 9.47 Å². The van der Waals surface area contributed by atoms with E-state index in [0.717, 1.165) is 16.7 Å². The van der Waals surface area contributed by atoms with Crippen molar-refractivity contribution in [3.8, 4) is 11.5 Å². The molecule has 1 atom stereocenters. The number of aliphatic hydroxyl groups excluding tert-OH is 1. The number of likely N-dealkylation sites (tertiary alicyclic amines) is 1. The summed E-state index contributed by atoms with van der Waals surface area (Å²) >= 11 is 0. The number of rotatable bonds is 5. The molecule has 3 aliphatic rings. The maximum atomic E-state index is 12.9. The zero-order valence-electron chi connectivity index (χ0n) is 17.4. The summed E-state index contributed by atoms with van der Waals surface area (Å²) in [6.45, 7) is 2.23. The first-order valence-corrected chi connectivity index (χ1v) is 12.0. The molecule has 0 spiro atoms. The van der Waals surface area contributed by atoms with E-state index < -0.39 is 15.9 Å². The van der Waals surface area contributed by atoms with Crippen molar-refractivity contribution in [1.82, 2.24) is 9.21 Å². The minimum atomic E-state index is -3.62. The van der Waals surface area contributed by atoms with Crippen LogP contribution in [0.5, 0.6) is 11.5 Å². The third kappa shape index (κ3) is 3.66. The van der Waals surface area contributed by atoms with E-state index in [1.54, 1.807) is 11.0 Å². The quantitative estimate of drug-likeness (QED) is 0.683. The van der Waals surface area contributed by atoms with Crippen molar-refractivity contribution in [1.29, 1.82) is 0 Å². The molecule has 0 radical (unpaired) electrons. The number of nitrogens with zero attached hydrogens (tertiary/aromatic N) is 2. The average molecular weight is 457 g/mol. The standard InChI is InChI=1S/C23H24N2O6S/c26-15-20(16-4-2-1-3-5-16)23(27)24-11-17(12-24)18-13-25(14-18)32(28,29)19-6-7-21-22(10-19)31-9-8-30-21/h1-7,10,20,26H,8-9,11-15H2/t20-/m1/s1. The van der Waals surface area contributed by atoms with Crippen LogP contribution in [-0.2, 0) is 14.8 Å². The fraction of sp³-hybridized carbons (Fsp3) is 0.348. The first-order valence-electron chi connectivity index (χ1n) is 10.5. The lowest BCUT2D eigenvalue weighted by atomic mass is 9.92. The topological polar surface area (TPSA) is 96.4 Å². The Morgan fingerprint density at radius 1 is 0.938 bits per heavy atom. The monoisotopic (exact) mass is 456 g/mol. The van der Waals surface area contributed by atoms with Gasteiger partial charge in [-0.25, -0.2) is 8.42 Å². The minimum Gasteiger partial charge on any atom is -0.486 e. The summed E-state index contributed by atoms with van der Waals surface area (Å²) < 4.78 is 38.3. The van der Waals surface area contributed by atoms with Gasteiger partial charge in [-0.1, -0.05) is 30.3 Å². The molecule has 0 aliphatic carbocycles. The molecule has 0 saturated carbocycles. The van der Waals surface area contributed by atoms with Gasteiger partial charge in [0.2, 0.25) is 15.9 Å². The maximum absolute atomic E-state index is 12.9. The predicted molar refractivity (Wildman–Crippen MR) is 116 cm³/mol. The van der Waals surface area contributed by atoms with E-state index in [-0.39, 0.29) is 17.4 Å². The Morgan fingerprint density at radius 3 is 2.28 bits per heavy atom. The maximum Gasteiger partial charge on any atom is 0.243 e. The molecule has 2 saturated heterocycles. The molecule has 0 unspecified atom stereocenters. The number of hydrogen-bond donors (Lipinski definition) is 1. The van der Waals surface area contributed by atoms with Gasteiger partial charge in [0.25, 0.3) is 0 Å². The number of carbonyl (C=O) groups excluding carboxylic acids is 1. The van der Waals surface area contributed by atoms with Crippen molar-refractivity contribution >= 4 is 15.9 Å². The van der Waals surface area contributed by atoms with Gasteiger partial charge >= 0.3 is 0 Å². The highest BCUT2D eigenvalue weighted by Gasteiger charge is 2.39. The number of benzene rings is 2. The van der Waals surface area contributed by atoms with Crippen LogP contribution in [0.4, 0.5) is 0 Å². The van der Waals surface area contributed by atoms with Gasteiger partial charge < -0.3 is 19.5 Å². The Bertz CT molecular complexity index is 1160. The van der Waals surface area contributed by atoms with Crippen molar-refractivity contribution in [2.24, 2.45) is 0 Å². The normalized spacial score (nSPS) is 19.2. The molecule has 1 amide bonds. The van der Waals surface area contributed by atoms with Crippen LogP contribution >= 0.6 is 0 Å². The second-order valence-corrected chi connectivity index (χ2v) is 10.1. The number of carbonyl (C=O) groups is 1. The lowest BCUT2D eigenvalue weighted by Gasteiger charge is -2.42. The molecule has 32 heavy (non-hydrogen) atoms. The van der Waals surface area contributed by atoms with Gasteiger partial charge in [0.1, 0.15) is 13.2 Å². The second-order valence-electron chi connectivity index (χ2n) is 8.13. The highest BCUT2D eigenvalue weighted by atomic mass is 32.2. The average Bonchev–Trinajstić information content (AvgIpc) is 2.75. The summed E-state index contributed by atoms with van der Waals surface area (Å²) in [4.78, 5) is 14.7. The molecule has 5 rings (SSSR count). The van der Waals surface area contributed by atoms with Crippen LogP contribution in [0.1, 0.15) is 11.5 Å². The Hall–Kier alpha value is -2.88. The van der Waals surface area contributed by atoms with Gasteiger partial charge in [-0.15, -0.1) is 0 Å². The largest absolute Gasteiger partial charge is 0.486 e. The highest BCUT2D eigenvalue weighted by molar-refractivity contribution is 7.89. The van der Waals surface area contributed by atoms with Gasteiger partial charge in [-0.2, -0.15) is 4.31 Å². The van der Waals surface area contributed by atoms with Crippen LogP contribution in [0.25, 0.3) is 0 Å². The second kappa shape index (κ2) is 8.23. The molecular formula is C23H24N2O6S. The van der Waals surface area contributed by atoms with Gasteiger partial charge in [-0.3, -0.25) is 4.79 Å². The van der Waals surface area contributed by atoms with Gasteiger partial charge in [-0.05, 0) is 28.8 Å². The molecule has 9 heteroatoms. The molecule has 2 aromatic rings. The van der Waals surface area contributed by atoms with Crippen LogP contribution in [-0.4, -0.2) is 74.6 Å². The molecule has 0 aromatic heterocycles. The van der Waals surface area contributed by atoms with Crippen LogP contribution in [0.15, 0.2) is 64.6 Å². The molecule has 0 bridgehead atoms. The Balaban J connectivity index is 1.21. The van der Waals surface area contributed by atoms with E-state index in [1.807, 2.05) is 30.3 Å². The number of fused-ring (bicyclic) bond motifs is 1. The van der Waals surface area contributed by atoms with E-state index in [9.17, 15) is 18.3 Å². The lowest BCUT2D eigenvalue weighted by Crippen LogP contribution is -2.52. The Labute approximate surface area is 186 Å². The summed E-state index contributed by atoms with van der Waals surface area (Å²) in [5, 5.41) is 9.71. The predicted octanol–water partition coefficient (Wildman–Crippen LogP) is 1.38. The molecule has 1 N–H and O–H groups in total. The van der Waals surface area contributed by atoms with Crippen molar-refractivity contribution in [3.05, 3.63) is 65.2 Å². The van der Waals surface area contributed by atoms with Crippen molar-refractivity contribution in [3.63, 3.8) is 0 Å². The number of sulfonamides is 1. The molecule has 2 aromatic carbocycles. The fourth-order valence-electron chi connectivity index (χ4n) is 4.13. The number of amides is 1. The van der Waals surface area contributed by atoms with E-state index >= 15 is 0 Å². The van der Waals surface area contributed by atoms with Crippen LogP contribution in [0, 0.1) is 0 Å². The number of hydrogen-bond acceptors (Lipinski definition) is 6. The summed E-state index contributed by atoms with van der Waals surface area (Å²) in [6.07, 6.45) is 0. The zero-order chi connectivity index (χ0) is 22.3. The van der Waals surface area contributed by atoms with Crippen LogP contribution in [0.3, 0.4) is 0 Å². The Kier molecular flexibility index (Phi) is 5.40. The molecule has 3 aliphatic heterocycles. The van der Waals surface area contributed by atoms with E-state index in [0.29, 0.717) is 50.9 Å². The molecule has 2 fully saturated rings. The summed E-state index contributed by atoms with van der Waals surface area (Å²) in [5.74, 6) is 0.318. The smallest absolute Gasteiger partial charge is 0.243 e. The zero-order valence-corrected chi connectivity index (χ0v) is 18.3. The third-order valence-electron chi connectivity index (χ3n) is 6.14. The molecule has 3 heterocycles. The number of aliphatic hydroxyl groups is 1. The first kappa shape index (κ1) is 21.0. The van der Waals surface area contributed by atoms with E-state index in [1.165, 1.54) is 16.4 Å². The van der Waals surface area contributed by atoms with Crippen molar-refractivity contribution in [2.75, 3.05) is 46.0 Å². The highest BCUT2D eigenvalue weighted by Crippen LogP contribution is 2.36. The van der Waals surface area contributed by atoms with Crippen molar-refractivity contribution in [2.45, 2.75) is 10.8 Å². The van der Waals surface area contributed by atoms with Crippen LogP contribution in [0.2, 0.25) is 0 Å². The summed E-state index contributed by atoms with van der Waals surface area (Å²) in [6, 6.07) is 13.9. The van der Waals surface area contributed by atoms with Gasteiger partial charge in [0.05, 0.1) is 17.4 Å².